The van der Waals surface area contributed by atoms with Gasteiger partial charge >= 0.3 is 6.18 Å². The highest BCUT2D eigenvalue weighted by Gasteiger charge is 2.30. The van der Waals surface area contributed by atoms with E-state index in [2.05, 4.69) is 27.8 Å². The third-order valence-electron chi connectivity index (χ3n) is 1.58. The Morgan fingerprint density at radius 2 is 2.00 bits per heavy atom. The molecule has 0 spiro atoms. The minimum Gasteiger partial charge on any atom is -0.166 e. The van der Waals surface area contributed by atoms with Crippen LogP contribution in [0.5, 0.6) is 0 Å². The number of halogens is 5. The Kier molecular flexibility index (Phi) is 4.06. The third-order valence-corrected chi connectivity index (χ3v) is 2.19. The summed E-state index contributed by atoms with van der Waals surface area (Å²) in [4.78, 5) is 0. The molecule has 5 heteroatoms. The summed E-state index contributed by atoms with van der Waals surface area (Å²) in [6.45, 7) is 0. The van der Waals surface area contributed by atoms with Crippen molar-refractivity contribution in [3.8, 4) is 11.8 Å². The van der Waals surface area contributed by atoms with Gasteiger partial charge in [-0.15, -0.1) is 0 Å². The average Bonchev–Trinajstić information content (AvgIpc) is 2.15. The summed E-state index contributed by atoms with van der Waals surface area (Å²) in [5.41, 5.74) is -0.559. The van der Waals surface area contributed by atoms with E-state index in [4.69, 9.17) is 11.6 Å². The van der Waals surface area contributed by atoms with Crippen LogP contribution in [0.2, 0.25) is 5.02 Å². The number of rotatable bonds is 0. The maximum Gasteiger partial charge on any atom is 0.416 e. The van der Waals surface area contributed by atoms with Gasteiger partial charge < -0.3 is 0 Å². The Balaban J connectivity index is 3.17. The number of alkyl halides is 4. The highest BCUT2D eigenvalue weighted by atomic mass is 79.9. The van der Waals surface area contributed by atoms with Crippen molar-refractivity contribution in [2.75, 3.05) is 5.33 Å². The van der Waals surface area contributed by atoms with E-state index in [0.717, 1.165) is 12.1 Å². The minimum atomic E-state index is -4.37. The quantitative estimate of drug-likeness (QED) is 0.499. The van der Waals surface area contributed by atoms with E-state index in [0.29, 0.717) is 5.33 Å². The summed E-state index contributed by atoms with van der Waals surface area (Å²) in [6, 6.07) is 3.07. The predicted octanol–water partition coefficient (Wildman–Crippen LogP) is 4.11. The number of benzene rings is 1. The van der Waals surface area contributed by atoms with Gasteiger partial charge in [0.1, 0.15) is 0 Å². The predicted molar refractivity (Wildman–Crippen MR) is 57.1 cm³/mol. The van der Waals surface area contributed by atoms with Gasteiger partial charge in [-0.05, 0) is 18.2 Å². The zero-order valence-corrected chi connectivity index (χ0v) is 9.67. The first-order valence-corrected chi connectivity index (χ1v) is 5.36. The second-order valence-corrected chi connectivity index (χ2v) is 3.60. The fraction of sp³-hybridized carbons (Fsp3) is 0.200. The average molecular weight is 298 g/mol. The summed E-state index contributed by atoms with van der Waals surface area (Å²) >= 11 is 8.75. The van der Waals surface area contributed by atoms with E-state index < -0.39 is 11.7 Å². The molecule has 0 aliphatic carbocycles. The molecule has 0 N–H and O–H groups in total. The molecule has 1 rings (SSSR count). The standard InChI is InChI=1S/C10H5BrClF3/c11-5-1-2-7-6-8(10(13,14)15)3-4-9(7)12/h3-4,6H,5H2. The molecule has 0 nitrogen and oxygen atoms in total. The van der Waals surface area contributed by atoms with Gasteiger partial charge in [-0.2, -0.15) is 13.2 Å². The highest BCUT2D eigenvalue weighted by molar-refractivity contribution is 9.09. The van der Waals surface area contributed by atoms with Gasteiger partial charge in [-0.25, -0.2) is 0 Å². The van der Waals surface area contributed by atoms with E-state index in [-0.39, 0.29) is 10.6 Å². The molecule has 1 aromatic rings. The zero-order chi connectivity index (χ0) is 11.5. The van der Waals surface area contributed by atoms with Crippen LogP contribution in [-0.2, 0) is 6.18 Å². The normalized spacial score (nSPS) is 10.7. The molecule has 0 radical (unpaired) electrons. The summed E-state index contributed by atoms with van der Waals surface area (Å²) in [6.07, 6.45) is -4.37. The second-order valence-electron chi connectivity index (χ2n) is 2.63. The monoisotopic (exact) mass is 296 g/mol. The molecule has 0 unspecified atom stereocenters. The molecule has 0 aliphatic heterocycles. The molecule has 0 aromatic heterocycles. The zero-order valence-electron chi connectivity index (χ0n) is 7.33. The van der Waals surface area contributed by atoms with Crippen LogP contribution in [0.25, 0.3) is 0 Å². The smallest absolute Gasteiger partial charge is 0.166 e. The SMILES string of the molecule is FC(F)(F)c1ccc(Cl)c(C#CCBr)c1. The molecule has 0 heterocycles. The Bertz CT molecular complexity index is 415. The van der Waals surface area contributed by atoms with Gasteiger partial charge in [-0.1, -0.05) is 39.4 Å². The summed E-state index contributed by atoms with van der Waals surface area (Å²) < 4.78 is 37.0. The van der Waals surface area contributed by atoms with Crippen molar-refractivity contribution in [2.24, 2.45) is 0 Å². The fourth-order valence-corrected chi connectivity index (χ4v) is 1.23. The van der Waals surface area contributed by atoms with Crippen molar-refractivity contribution in [2.45, 2.75) is 6.18 Å². The summed E-state index contributed by atoms with van der Waals surface area (Å²) in [7, 11) is 0. The number of hydrogen-bond acceptors (Lipinski definition) is 0. The molecule has 0 bridgehead atoms. The molecule has 1 aromatic carbocycles. The Hall–Kier alpha value is -0.660. The first-order chi connectivity index (χ1) is 6.95. The molecule has 0 aliphatic rings. The van der Waals surface area contributed by atoms with Gasteiger partial charge in [-0.3, -0.25) is 0 Å². The Morgan fingerprint density at radius 1 is 1.33 bits per heavy atom. The molecular weight excluding hydrogens is 292 g/mol. The molecule has 0 atom stereocenters. The maximum absolute atomic E-state index is 12.3. The lowest BCUT2D eigenvalue weighted by molar-refractivity contribution is -0.137. The first kappa shape index (κ1) is 12.4. The fourth-order valence-electron chi connectivity index (χ4n) is 0.926. The van der Waals surface area contributed by atoms with E-state index >= 15 is 0 Å². The van der Waals surface area contributed by atoms with Gasteiger partial charge in [0.2, 0.25) is 0 Å². The van der Waals surface area contributed by atoms with E-state index in [1.807, 2.05) is 0 Å². The van der Waals surface area contributed by atoms with Crippen LogP contribution in [0, 0.1) is 11.8 Å². The molecule has 0 fully saturated rings. The van der Waals surface area contributed by atoms with Crippen LogP contribution in [0.4, 0.5) is 13.2 Å². The van der Waals surface area contributed by atoms with Crippen molar-refractivity contribution < 1.29 is 13.2 Å². The van der Waals surface area contributed by atoms with Gasteiger partial charge in [0, 0.05) is 5.56 Å². The van der Waals surface area contributed by atoms with Crippen LogP contribution < -0.4 is 0 Å². The van der Waals surface area contributed by atoms with Crippen LogP contribution in [0.3, 0.4) is 0 Å². The molecule has 0 saturated heterocycles. The van der Waals surface area contributed by atoms with Crippen molar-refractivity contribution in [3.05, 3.63) is 34.3 Å². The van der Waals surface area contributed by atoms with Crippen molar-refractivity contribution >= 4 is 27.5 Å². The molecule has 80 valence electrons. The lowest BCUT2D eigenvalue weighted by Gasteiger charge is -2.07. The van der Waals surface area contributed by atoms with Gasteiger partial charge in [0.05, 0.1) is 15.9 Å². The van der Waals surface area contributed by atoms with Crippen LogP contribution in [0.1, 0.15) is 11.1 Å². The summed E-state index contributed by atoms with van der Waals surface area (Å²) in [5, 5.41) is 0.607. The second kappa shape index (κ2) is 4.91. The Labute approximate surface area is 98.6 Å². The highest BCUT2D eigenvalue weighted by Crippen LogP contribution is 2.31. The van der Waals surface area contributed by atoms with Gasteiger partial charge in [0.15, 0.2) is 0 Å². The van der Waals surface area contributed by atoms with Crippen molar-refractivity contribution in [1.29, 1.82) is 0 Å². The first-order valence-electron chi connectivity index (χ1n) is 3.86. The lowest BCUT2D eigenvalue weighted by atomic mass is 10.1. The topological polar surface area (TPSA) is 0 Å². The largest absolute Gasteiger partial charge is 0.416 e. The minimum absolute atomic E-state index is 0.186. The van der Waals surface area contributed by atoms with E-state index in [1.165, 1.54) is 6.07 Å². The molecule has 0 amide bonds. The van der Waals surface area contributed by atoms with Crippen molar-refractivity contribution in [1.82, 2.24) is 0 Å². The molecule has 15 heavy (non-hydrogen) atoms. The van der Waals surface area contributed by atoms with Crippen LogP contribution in [0.15, 0.2) is 18.2 Å². The van der Waals surface area contributed by atoms with E-state index in [9.17, 15) is 13.2 Å². The van der Waals surface area contributed by atoms with Crippen molar-refractivity contribution in [3.63, 3.8) is 0 Å². The van der Waals surface area contributed by atoms with Crippen LogP contribution >= 0.6 is 27.5 Å². The molecular formula is C10H5BrClF3. The van der Waals surface area contributed by atoms with Gasteiger partial charge in [0.25, 0.3) is 0 Å². The van der Waals surface area contributed by atoms with Crippen LogP contribution in [-0.4, -0.2) is 5.33 Å². The number of hydrogen-bond donors (Lipinski definition) is 0. The summed E-state index contributed by atoms with van der Waals surface area (Å²) in [5.74, 6) is 5.15. The Morgan fingerprint density at radius 3 is 2.53 bits per heavy atom. The lowest BCUT2D eigenvalue weighted by Crippen LogP contribution is -2.04. The maximum atomic E-state index is 12.3. The van der Waals surface area contributed by atoms with E-state index in [1.54, 1.807) is 0 Å². The molecule has 0 saturated carbocycles. The third kappa shape index (κ3) is 3.44.